The highest BCUT2D eigenvalue weighted by Gasteiger charge is 2.16. The van der Waals surface area contributed by atoms with Gasteiger partial charge in [0.25, 0.3) is 0 Å². The Hall–Kier alpha value is -1.33. The molecule has 76 valence electrons. The highest BCUT2D eigenvalue weighted by Crippen LogP contribution is 2.34. The van der Waals surface area contributed by atoms with Gasteiger partial charge in [-0.2, -0.15) is 5.26 Å². The minimum Gasteiger partial charge on any atom is -0.192 e. The topological polar surface area (TPSA) is 23.8 Å². The van der Waals surface area contributed by atoms with Crippen molar-refractivity contribution in [1.29, 1.82) is 5.26 Å². The van der Waals surface area contributed by atoms with Crippen molar-refractivity contribution < 1.29 is 0 Å². The van der Waals surface area contributed by atoms with E-state index >= 15 is 0 Å². The molecule has 0 amide bonds. The van der Waals surface area contributed by atoms with Crippen LogP contribution in [-0.4, -0.2) is 0 Å². The van der Waals surface area contributed by atoms with Crippen LogP contribution in [-0.2, 0) is 5.41 Å². The third kappa shape index (κ3) is 1.88. The minimum absolute atomic E-state index is 0.191. The summed E-state index contributed by atoms with van der Waals surface area (Å²) in [5.74, 6) is 0. The van der Waals surface area contributed by atoms with Crippen LogP contribution >= 0.6 is 11.3 Å². The van der Waals surface area contributed by atoms with Crippen LogP contribution in [0.25, 0.3) is 10.1 Å². The molecule has 1 heterocycles. The molecule has 1 nitrogen and oxygen atoms in total. The van der Waals surface area contributed by atoms with Crippen LogP contribution in [0.1, 0.15) is 31.2 Å². The first-order valence-electron chi connectivity index (χ1n) is 4.95. The number of benzene rings is 1. The highest BCUT2D eigenvalue weighted by atomic mass is 32.1. The maximum atomic E-state index is 8.82. The van der Waals surface area contributed by atoms with Gasteiger partial charge in [0.1, 0.15) is 0 Å². The second-order valence-electron chi connectivity index (χ2n) is 4.73. The lowest BCUT2D eigenvalue weighted by Crippen LogP contribution is -2.07. The molecule has 0 aliphatic carbocycles. The Labute approximate surface area is 94.0 Å². The zero-order chi connectivity index (χ0) is 11.1. The number of fused-ring (bicyclic) bond motifs is 1. The van der Waals surface area contributed by atoms with Crippen molar-refractivity contribution >= 4 is 21.4 Å². The average Bonchev–Trinajstić information content (AvgIpc) is 2.59. The first kappa shape index (κ1) is 10.2. The van der Waals surface area contributed by atoms with Gasteiger partial charge in [-0.25, -0.2) is 0 Å². The molecule has 2 heteroatoms. The lowest BCUT2D eigenvalue weighted by atomic mass is 9.94. The van der Waals surface area contributed by atoms with E-state index in [9.17, 15) is 0 Å². The number of hydrogen-bond donors (Lipinski definition) is 0. The van der Waals surface area contributed by atoms with Crippen molar-refractivity contribution in [3.63, 3.8) is 0 Å². The summed E-state index contributed by atoms with van der Waals surface area (Å²) in [7, 11) is 0. The molecule has 0 spiro atoms. The maximum absolute atomic E-state index is 8.82. The van der Waals surface area contributed by atoms with Crippen LogP contribution in [0.15, 0.2) is 24.3 Å². The van der Waals surface area contributed by atoms with Crippen molar-refractivity contribution in [3.05, 3.63) is 34.7 Å². The van der Waals surface area contributed by atoms with E-state index in [0.29, 0.717) is 0 Å². The fourth-order valence-electron chi connectivity index (χ4n) is 1.48. The molecule has 0 unspecified atom stereocenters. The fourth-order valence-corrected chi connectivity index (χ4v) is 2.58. The van der Waals surface area contributed by atoms with Crippen molar-refractivity contribution in [3.8, 4) is 6.07 Å². The summed E-state index contributed by atoms with van der Waals surface area (Å²) in [5.41, 5.74) is 0.928. The zero-order valence-electron chi connectivity index (χ0n) is 9.16. The molecule has 0 aliphatic heterocycles. The molecule has 0 N–H and O–H groups in total. The highest BCUT2D eigenvalue weighted by molar-refractivity contribution is 7.19. The van der Waals surface area contributed by atoms with Gasteiger partial charge in [-0.3, -0.25) is 0 Å². The molecule has 0 aliphatic rings. The molecule has 2 aromatic rings. The molecule has 0 fully saturated rings. The first-order valence-corrected chi connectivity index (χ1v) is 5.76. The van der Waals surface area contributed by atoms with E-state index in [4.69, 9.17) is 5.26 Å². The van der Waals surface area contributed by atoms with Gasteiger partial charge < -0.3 is 0 Å². The summed E-state index contributed by atoms with van der Waals surface area (Å²) in [4.78, 5) is 1.37. The van der Waals surface area contributed by atoms with E-state index in [1.807, 2.05) is 29.5 Å². The Bertz CT molecular complexity index is 538. The molecule has 0 saturated heterocycles. The lowest BCUT2D eigenvalue weighted by molar-refractivity contribution is 0.604. The van der Waals surface area contributed by atoms with E-state index in [-0.39, 0.29) is 5.41 Å². The van der Waals surface area contributed by atoms with Crippen molar-refractivity contribution in [2.24, 2.45) is 0 Å². The van der Waals surface area contributed by atoms with Crippen LogP contribution in [0.5, 0.6) is 0 Å². The average molecular weight is 215 g/mol. The van der Waals surface area contributed by atoms with Gasteiger partial charge in [0.15, 0.2) is 0 Å². The van der Waals surface area contributed by atoms with E-state index in [2.05, 4.69) is 32.9 Å². The molecule has 0 radical (unpaired) electrons. The molecule has 0 bridgehead atoms. The van der Waals surface area contributed by atoms with Gasteiger partial charge >= 0.3 is 0 Å². The predicted molar refractivity (Wildman–Crippen MR) is 65.2 cm³/mol. The Morgan fingerprint density at radius 1 is 1.20 bits per heavy atom. The van der Waals surface area contributed by atoms with Gasteiger partial charge in [-0.15, -0.1) is 11.3 Å². The smallest absolute Gasteiger partial charge is 0.0991 e. The van der Waals surface area contributed by atoms with Crippen LogP contribution in [0.4, 0.5) is 0 Å². The quantitative estimate of drug-likeness (QED) is 0.650. The van der Waals surface area contributed by atoms with Crippen LogP contribution in [0.2, 0.25) is 0 Å². The monoisotopic (exact) mass is 215 g/mol. The lowest BCUT2D eigenvalue weighted by Gasteiger charge is -2.14. The number of nitrogens with zero attached hydrogens (tertiary/aromatic N) is 1. The molecule has 0 saturated carbocycles. The van der Waals surface area contributed by atoms with Gasteiger partial charge in [-0.1, -0.05) is 20.8 Å². The third-order valence-electron chi connectivity index (χ3n) is 2.38. The van der Waals surface area contributed by atoms with Crippen molar-refractivity contribution in [2.75, 3.05) is 0 Å². The van der Waals surface area contributed by atoms with Crippen molar-refractivity contribution in [1.82, 2.24) is 0 Å². The number of thiophene rings is 1. The first-order chi connectivity index (χ1) is 7.00. The van der Waals surface area contributed by atoms with E-state index in [0.717, 1.165) is 5.56 Å². The SMILES string of the molecule is CC(C)(C)c1cc2cc(C#N)ccc2s1. The van der Waals surface area contributed by atoms with Crippen molar-refractivity contribution in [2.45, 2.75) is 26.2 Å². The normalized spacial score (nSPS) is 11.6. The predicted octanol–water partition coefficient (Wildman–Crippen LogP) is 4.07. The van der Waals surface area contributed by atoms with E-state index in [1.165, 1.54) is 15.0 Å². The zero-order valence-corrected chi connectivity index (χ0v) is 9.98. The molecular weight excluding hydrogens is 202 g/mol. The van der Waals surface area contributed by atoms with Gasteiger partial charge in [0.05, 0.1) is 11.6 Å². The molecule has 15 heavy (non-hydrogen) atoms. The minimum atomic E-state index is 0.191. The molecule has 1 aromatic heterocycles. The summed E-state index contributed by atoms with van der Waals surface area (Å²) in [6.07, 6.45) is 0. The second-order valence-corrected chi connectivity index (χ2v) is 5.81. The number of hydrogen-bond acceptors (Lipinski definition) is 2. The van der Waals surface area contributed by atoms with Crippen LogP contribution < -0.4 is 0 Å². The van der Waals surface area contributed by atoms with E-state index < -0.39 is 0 Å². The fraction of sp³-hybridized carbons (Fsp3) is 0.308. The maximum Gasteiger partial charge on any atom is 0.0991 e. The number of nitriles is 1. The van der Waals surface area contributed by atoms with Gasteiger partial charge in [-0.05, 0) is 35.1 Å². The molecule has 0 atom stereocenters. The summed E-state index contributed by atoms with van der Waals surface area (Å²) < 4.78 is 1.26. The standard InChI is InChI=1S/C13H13NS/c1-13(2,3)12-7-10-6-9(8-14)4-5-11(10)15-12/h4-7H,1-3H3. The Kier molecular flexibility index (Phi) is 2.28. The van der Waals surface area contributed by atoms with Crippen LogP contribution in [0.3, 0.4) is 0 Å². The summed E-state index contributed by atoms with van der Waals surface area (Å²) in [6.45, 7) is 6.63. The van der Waals surface area contributed by atoms with Gasteiger partial charge in [0, 0.05) is 9.58 Å². The molecular formula is C13H13NS. The van der Waals surface area contributed by atoms with Gasteiger partial charge in [0.2, 0.25) is 0 Å². The third-order valence-corrected chi connectivity index (χ3v) is 3.93. The summed E-state index contributed by atoms with van der Waals surface area (Å²) >= 11 is 1.81. The summed E-state index contributed by atoms with van der Waals surface area (Å²) in [5, 5.41) is 10.0. The Morgan fingerprint density at radius 2 is 1.93 bits per heavy atom. The Balaban J connectivity index is 2.62. The second kappa shape index (κ2) is 3.36. The Morgan fingerprint density at radius 3 is 2.53 bits per heavy atom. The number of rotatable bonds is 0. The van der Waals surface area contributed by atoms with Crippen LogP contribution in [0, 0.1) is 11.3 Å². The summed E-state index contributed by atoms with van der Waals surface area (Å²) in [6, 6.07) is 10.2. The molecule has 1 aromatic carbocycles. The molecule has 2 rings (SSSR count). The largest absolute Gasteiger partial charge is 0.192 e. The van der Waals surface area contributed by atoms with E-state index in [1.54, 1.807) is 0 Å².